The maximum absolute atomic E-state index is 11.0. The Hall–Kier alpha value is -2.82. The van der Waals surface area contributed by atoms with Crippen molar-refractivity contribution in [2.45, 2.75) is 51.0 Å². The SMILES string of the molecule is O=C(O)CC1COc2cc(OCC3CCCCC3CC=NCc3ccccc3)ccc21. The second kappa shape index (κ2) is 10.5. The number of hydrogen-bond acceptors (Lipinski definition) is 4. The summed E-state index contributed by atoms with van der Waals surface area (Å²) in [7, 11) is 0. The fourth-order valence-electron chi connectivity index (χ4n) is 4.71. The minimum Gasteiger partial charge on any atom is -0.493 e. The largest absolute Gasteiger partial charge is 0.493 e. The summed E-state index contributed by atoms with van der Waals surface area (Å²) in [6.45, 7) is 1.87. The lowest BCUT2D eigenvalue weighted by atomic mass is 9.78. The van der Waals surface area contributed by atoms with Gasteiger partial charge in [0.25, 0.3) is 0 Å². The van der Waals surface area contributed by atoms with Gasteiger partial charge in [0.1, 0.15) is 11.5 Å². The van der Waals surface area contributed by atoms with Gasteiger partial charge in [0.15, 0.2) is 0 Å². The van der Waals surface area contributed by atoms with Gasteiger partial charge in [0.2, 0.25) is 0 Å². The molecule has 0 bridgehead atoms. The van der Waals surface area contributed by atoms with E-state index < -0.39 is 5.97 Å². The fourth-order valence-corrected chi connectivity index (χ4v) is 4.71. The molecule has 164 valence electrons. The summed E-state index contributed by atoms with van der Waals surface area (Å²) in [6, 6.07) is 16.2. The molecule has 1 N–H and O–H groups in total. The smallest absolute Gasteiger partial charge is 0.304 e. The predicted molar refractivity (Wildman–Crippen MR) is 121 cm³/mol. The molecule has 5 nitrogen and oxygen atoms in total. The summed E-state index contributed by atoms with van der Waals surface area (Å²) in [5.41, 5.74) is 2.21. The van der Waals surface area contributed by atoms with Crippen LogP contribution in [-0.2, 0) is 11.3 Å². The molecule has 0 saturated heterocycles. The van der Waals surface area contributed by atoms with Crippen LogP contribution in [0.1, 0.15) is 55.6 Å². The molecular weight excluding hydrogens is 390 g/mol. The van der Waals surface area contributed by atoms with Crippen molar-refractivity contribution in [3.05, 3.63) is 59.7 Å². The Morgan fingerprint density at radius 2 is 1.94 bits per heavy atom. The molecule has 1 aliphatic carbocycles. The van der Waals surface area contributed by atoms with Crippen LogP contribution in [0.3, 0.4) is 0 Å². The van der Waals surface area contributed by atoms with Gasteiger partial charge in [-0.1, -0.05) is 49.2 Å². The summed E-state index contributed by atoms with van der Waals surface area (Å²) >= 11 is 0. The second-order valence-corrected chi connectivity index (χ2v) is 8.67. The number of benzene rings is 2. The number of carboxylic acid groups (broad SMARTS) is 1. The lowest BCUT2D eigenvalue weighted by Gasteiger charge is -2.30. The second-order valence-electron chi connectivity index (χ2n) is 8.67. The van der Waals surface area contributed by atoms with E-state index in [0.717, 1.165) is 30.0 Å². The van der Waals surface area contributed by atoms with E-state index in [4.69, 9.17) is 14.6 Å². The van der Waals surface area contributed by atoms with Crippen molar-refractivity contribution in [2.75, 3.05) is 13.2 Å². The Labute approximate surface area is 184 Å². The molecule has 2 aromatic rings. The number of fused-ring (bicyclic) bond motifs is 1. The lowest BCUT2D eigenvalue weighted by Crippen LogP contribution is -2.25. The Kier molecular flexibility index (Phi) is 7.23. The maximum Gasteiger partial charge on any atom is 0.304 e. The number of nitrogens with zero attached hydrogens (tertiary/aromatic N) is 1. The molecule has 0 amide bonds. The van der Waals surface area contributed by atoms with Gasteiger partial charge < -0.3 is 14.6 Å². The van der Waals surface area contributed by atoms with Crippen molar-refractivity contribution >= 4 is 12.2 Å². The van der Waals surface area contributed by atoms with Crippen LogP contribution >= 0.6 is 0 Å². The summed E-state index contributed by atoms with van der Waals surface area (Å²) in [6.07, 6.45) is 8.17. The van der Waals surface area contributed by atoms with E-state index in [1.54, 1.807) is 0 Å². The van der Waals surface area contributed by atoms with Crippen LogP contribution in [0, 0.1) is 11.8 Å². The Morgan fingerprint density at radius 3 is 2.74 bits per heavy atom. The number of ether oxygens (including phenoxy) is 2. The van der Waals surface area contributed by atoms with Crippen molar-refractivity contribution in [3.63, 3.8) is 0 Å². The third-order valence-corrected chi connectivity index (χ3v) is 6.47. The minimum absolute atomic E-state index is 0.0700. The highest BCUT2D eigenvalue weighted by molar-refractivity contribution is 5.68. The van der Waals surface area contributed by atoms with E-state index in [9.17, 15) is 4.79 Å². The number of carboxylic acids is 1. The summed E-state index contributed by atoms with van der Waals surface area (Å²) in [5.74, 6) is 1.84. The summed E-state index contributed by atoms with van der Waals surface area (Å²) in [4.78, 5) is 15.6. The van der Waals surface area contributed by atoms with Crippen LogP contribution in [0.15, 0.2) is 53.5 Å². The van der Waals surface area contributed by atoms with Gasteiger partial charge in [0, 0.05) is 17.5 Å². The van der Waals surface area contributed by atoms with Crippen molar-refractivity contribution in [2.24, 2.45) is 16.8 Å². The van der Waals surface area contributed by atoms with Gasteiger partial charge in [-0.15, -0.1) is 0 Å². The first kappa shape index (κ1) is 21.4. The van der Waals surface area contributed by atoms with Gasteiger partial charge in [-0.2, -0.15) is 0 Å². The van der Waals surface area contributed by atoms with Gasteiger partial charge in [0.05, 0.1) is 26.2 Å². The zero-order chi connectivity index (χ0) is 21.5. The Bertz CT molecular complexity index is 896. The normalized spacial score (nSPS) is 22.8. The Balaban J connectivity index is 1.29. The zero-order valence-corrected chi connectivity index (χ0v) is 17.9. The number of carbonyl (C=O) groups is 1. The van der Waals surface area contributed by atoms with Crippen molar-refractivity contribution in [3.8, 4) is 11.5 Å². The van der Waals surface area contributed by atoms with Crippen molar-refractivity contribution in [1.29, 1.82) is 0 Å². The molecule has 1 fully saturated rings. The molecule has 31 heavy (non-hydrogen) atoms. The zero-order valence-electron chi connectivity index (χ0n) is 17.9. The van der Waals surface area contributed by atoms with E-state index in [0.29, 0.717) is 25.0 Å². The third kappa shape index (κ3) is 5.87. The van der Waals surface area contributed by atoms with Crippen LogP contribution < -0.4 is 9.47 Å². The first-order chi connectivity index (χ1) is 15.2. The van der Waals surface area contributed by atoms with Crippen LogP contribution in [0.5, 0.6) is 11.5 Å². The summed E-state index contributed by atoms with van der Waals surface area (Å²) < 4.78 is 11.9. The number of hydrogen-bond donors (Lipinski definition) is 1. The molecule has 1 heterocycles. The highest BCUT2D eigenvalue weighted by Crippen LogP contribution is 2.39. The molecular formula is C26H31NO4. The van der Waals surface area contributed by atoms with Gasteiger partial charge in [-0.25, -0.2) is 0 Å². The van der Waals surface area contributed by atoms with Crippen LogP contribution in [0.25, 0.3) is 0 Å². The van der Waals surface area contributed by atoms with E-state index in [2.05, 4.69) is 35.5 Å². The Morgan fingerprint density at radius 1 is 1.13 bits per heavy atom. The topological polar surface area (TPSA) is 68.1 Å². The monoisotopic (exact) mass is 421 g/mol. The molecule has 0 radical (unpaired) electrons. The average Bonchev–Trinajstić information content (AvgIpc) is 3.18. The van der Waals surface area contributed by atoms with Gasteiger partial charge in [-0.05, 0) is 48.9 Å². The third-order valence-electron chi connectivity index (χ3n) is 6.47. The van der Waals surface area contributed by atoms with Crippen molar-refractivity contribution in [1.82, 2.24) is 0 Å². The molecule has 3 atom stereocenters. The number of aliphatic carboxylic acids is 1. The molecule has 1 aliphatic heterocycles. The highest BCUT2D eigenvalue weighted by Gasteiger charge is 2.28. The fraction of sp³-hybridized carbons (Fsp3) is 0.462. The molecule has 2 aromatic carbocycles. The summed E-state index contributed by atoms with van der Waals surface area (Å²) in [5, 5.41) is 9.05. The first-order valence-electron chi connectivity index (χ1n) is 11.3. The molecule has 2 aliphatic rings. The minimum atomic E-state index is -0.794. The highest BCUT2D eigenvalue weighted by atomic mass is 16.5. The van der Waals surface area contributed by atoms with E-state index in [1.807, 2.05) is 24.3 Å². The maximum atomic E-state index is 11.0. The molecule has 1 saturated carbocycles. The standard InChI is InChI=1S/C26H31NO4/c28-26(29)14-22-18-31-25-15-23(10-11-24(22)25)30-17-21-9-5-4-8-20(21)12-13-27-16-19-6-2-1-3-7-19/h1-3,6-7,10-11,13,15,20-22H,4-5,8-9,12,14,16-18H2,(H,28,29). The lowest BCUT2D eigenvalue weighted by molar-refractivity contribution is -0.137. The molecule has 4 rings (SSSR count). The molecule has 0 spiro atoms. The predicted octanol–water partition coefficient (Wildman–Crippen LogP) is 5.48. The molecule has 3 unspecified atom stereocenters. The van der Waals surface area contributed by atoms with E-state index in [1.165, 1.54) is 31.2 Å². The van der Waals surface area contributed by atoms with Crippen LogP contribution in [-0.4, -0.2) is 30.5 Å². The van der Waals surface area contributed by atoms with E-state index in [-0.39, 0.29) is 12.3 Å². The molecule has 0 aromatic heterocycles. The first-order valence-corrected chi connectivity index (χ1v) is 11.3. The van der Waals surface area contributed by atoms with Gasteiger partial charge >= 0.3 is 5.97 Å². The van der Waals surface area contributed by atoms with E-state index >= 15 is 0 Å². The molecule has 5 heteroatoms. The quantitative estimate of drug-likeness (QED) is 0.544. The van der Waals surface area contributed by atoms with Gasteiger partial charge in [-0.3, -0.25) is 9.79 Å². The van der Waals surface area contributed by atoms with Crippen LogP contribution in [0.2, 0.25) is 0 Å². The average molecular weight is 422 g/mol. The number of rotatable bonds is 9. The van der Waals surface area contributed by atoms with Crippen LogP contribution in [0.4, 0.5) is 0 Å². The van der Waals surface area contributed by atoms with Crippen molar-refractivity contribution < 1.29 is 19.4 Å². The number of aliphatic imine (C=N–C) groups is 1.